The molecule has 6 heteroatoms. The zero-order chi connectivity index (χ0) is 14.8. The van der Waals surface area contributed by atoms with Gasteiger partial charge in [-0.05, 0) is 49.9 Å². The maximum absolute atomic E-state index is 11.9. The molecule has 0 radical (unpaired) electrons. The summed E-state index contributed by atoms with van der Waals surface area (Å²) >= 11 is 0. The number of amides is 2. The van der Waals surface area contributed by atoms with Crippen LogP contribution in [0.5, 0.6) is 5.75 Å². The number of aromatic nitrogens is 2. The molecule has 3 N–H and O–H groups in total. The quantitative estimate of drug-likeness (QED) is 0.755. The number of anilines is 2. The highest BCUT2D eigenvalue weighted by atomic mass is 16.3. The first-order chi connectivity index (χ1) is 10.1. The fraction of sp³-hybridized carbons (Fsp3) is 0.333. The average molecular weight is 286 g/mol. The number of phenolic OH excluding ortho intramolecular Hbond substituents is 1. The Labute approximate surface area is 122 Å². The van der Waals surface area contributed by atoms with Crippen LogP contribution in [0.15, 0.2) is 36.7 Å². The molecule has 0 bridgehead atoms. The predicted octanol–water partition coefficient (Wildman–Crippen LogP) is 3.20. The SMILES string of the molecule is C[C@H](C1CC1)n1cc(NC(=O)Nc2ccc(O)cc2)cn1. The highest BCUT2D eigenvalue weighted by molar-refractivity contribution is 5.99. The van der Waals surface area contributed by atoms with E-state index in [2.05, 4.69) is 22.7 Å². The van der Waals surface area contributed by atoms with E-state index >= 15 is 0 Å². The lowest BCUT2D eigenvalue weighted by Crippen LogP contribution is -2.19. The highest BCUT2D eigenvalue weighted by Crippen LogP contribution is 2.39. The molecule has 1 heterocycles. The molecule has 3 rings (SSSR count). The van der Waals surface area contributed by atoms with Crippen LogP contribution in [0.3, 0.4) is 0 Å². The van der Waals surface area contributed by atoms with Crippen molar-refractivity contribution in [1.29, 1.82) is 0 Å². The maximum atomic E-state index is 11.9. The fourth-order valence-corrected chi connectivity index (χ4v) is 2.26. The minimum atomic E-state index is -0.334. The number of nitrogens with zero attached hydrogens (tertiary/aromatic N) is 2. The molecular weight excluding hydrogens is 268 g/mol. The van der Waals surface area contributed by atoms with Crippen molar-refractivity contribution in [3.05, 3.63) is 36.7 Å². The Hall–Kier alpha value is -2.50. The number of nitrogens with one attached hydrogen (secondary N) is 2. The van der Waals surface area contributed by atoms with Crippen LogP contribution in [0.25, 0.3) is 0 Å². The summed E-state index contributed by atoms with van der Waals surface area (Å²) in [6.45, 7) is 2.14. The second-order valence-corrected chi connectivity index (χ2v) is 5.41. The zero-order valence-corrected chi connectivity index (χ0v) is 11.8. The second-order valence-electron chi connectivity index (χ2n) is 5.41. The molecule has 21 heavy (non-hydrogen) atoms. The Morgan fingerprint density at radius 2 is 1.95 bits per heavy atom. The molecule has 0 aliphatic heterocycles. The topological polar surface area (TPSA) is 79.2 Å². The van der Waals surface area contributed by atoms with Gasteiger partial charge in [0.15, 0.2) is 0 Å². The van der Waals surface area contributed by atoms with Crippen LogP contribution in [0.1, 0.15) is 25.8 Å². The molecule has 0 unspecified atom stereocenters. The van der Waals surface area contributed by atoms with Crippen molar-refractivity contribution >= 4 is 17.4 Å². The highest BCUT2D eigenvalue weighted by Gasteiger charge is 2.29. The molecule has 1 saturated carbocycles. The maximum Gasteiger partial charge on any atom is 0.323 e. The number of urea groups is 1. The van der Waals surface area contributed by atoms with Crippen molar-refractivity contribution in [3.8, 4) is 5.75 Å². The summed E-state index contributed by atoms with van der Waals surface area (Å²) < 4.78 is 1.90. The van der Waals surface area contributed by atoms with Crippen molar-refractivity contribution < 1.29 is 9.90 Å². The molecule has 1 aromatic carbocycles. The Morgan fingerprint density at radius 3 is 2.62 bits per heavy atom. The summed E-state index contributed by atoms with van der Waals surface area (Å²) in [7, 11) is 0. The standard InChI is InChI=1S/C15H18N4O2/c1-10(11-2-3-11)19-9-13(8-16-19)18-15(21)17-12-4-6-14(20)7-5-12/h4-11,20H,2-3H2,1H3,(H2,17,18,21)/t10-/m1/s1. The fourth-order valence-electron chi connectivity index (χ4n) is 2.26. The Balaban J connectivity index is 1.58. The lowest BCUT2D eigenvalue weighted by atomic mass is 10.2. The van der Waals surface area contributed by atoms with Crippen molar-refractivity contribution in [2.24, 2.45) is 5.92 Å². The monoisotopic (exact) mass is 286 g/mol. The van der Waals surface area contributed by atoms with E-state index in [0.717, 1.165) is 0 Å². The predicted molar refractivity (Wildman–Crippen MR) is 80.4 cm³/mol. The van der Waals surface area contributed by atoms with Gasteiger partial charge < -0.3 is 15.7 Å². The van der Waals surface area contributed by atoms with Gasteiger partial charge >= 0.3 is 6.03 Å². The largest absolute Gasteiger partial charge is 0.508 e. The third-order valence-corrected chi connectivity index (χ3v) is 3.71. The second kappa shape index (κ2) is 5.47. The lowest BCUT2D eigenvalue weighted by Gasteiger charge is -2.09. The number of benzene rings is 1. The summed E-state index contributed by atoms with van der Waals surface area (Å²) in [5.41, 5.74) is 1.28. The average Bonchev–Trinajstić information content (AvgIpc) is 3.21. The third kappa shape index (κ3) is 3.34. The van der Waals surface area contributed by atoms with E-state index in [0.29, 0.717) is 23.3 Å². The molecule has 110 valence electrons. The van der Waals surface area contributed by atoms with E-state index in [1.807, 2.05) is 10.9 Å². The molecular formula is C15H18N4O2. The van der Waals surface area contributed by atoms with Gasteiger partial charge in [0.25, 0.3) is 0 Å². The van der Waals surface area contributed by atoms with E-state index in [4.69, 9.17) is 0 Å². The van der Waals surface area contributed by atoms with Gasteiger partial charge in [0.2, 0.25) is 0 Å². The first kappa shape index (κ1) is 13.5. The van der Waals surface area contributed by atoms with Gasteiger partial charge in [-0.2, -0.15) is 5.10 Å². The van der Waals surface area contributed by atoms with E-state index in [-0.39, 0.29) is 11.8 Å². The van der Waals surface area contributed by atoms with Gasteiger partial charge in [-0.25, -0.2) is 4.79 Å². The molecule has 1 aliphatic carbocycles. The first-order valence-corrected chi connectivity index (χ1v) is 7.03. The van der Waals surface area contributed by atoms with Gasteiger partial charge in [-0.3, -0.25) is 4.68 Å². The number of hydrogen-bond acceptors (Lipinski definition) is 3. The molecule has 1 aliphatic rings. The molecule has 6 nitrogen and oxygen atoms in total. The third-order valence-electron chi connectivity index (χ3n) is 3.71. The summed E-state index contributed by atoms with van der Waals surface area (Å²) in [5, 5.41) is 18.9. The van der Waals surface area contributed by atoms with E-state index in [1.165, 1.54) is 25.0 Å². The van der Waals surface area contributed by atoms with E-state index in [1.54, 1.807) is 18.3 Å². The van der Waals surface area contributed by atoms with E-state index in [9.17, 15) is 9.90 Å². The smallest absolute Gasteiger partial charge is 0.323 e. The van der Waals surface area contributed by atoms with Gasteiger partial charge in [-0.15, -0.1) is 0 Å². The zero-order valence-electron chi connectivity index (χ0n) is 11.8. The van der Waals surface area contributed by atoms with Crippen molar-refractivity contribution in [1.82, 2.24) is 9.78 Å². The van der Waals surface area contributed by atoms with Crippen molar-refractivity contribution in [2.75, 3.05) is 10.6 Å². The summed E-state index contributed by atoms with van der Waals surface area (Å²) in [6.07, 6.45) is 6.00. The number of hydrogen-bond donors (Lipinski definition) is 3. The Kier molecular flexibility index (Phi) is 3.51. The van der Waals surface area contributed by atoms with Gasteiger partial charge in [0.1, 0.15) is 5.75 Å². The lowest BCUT2D eigenvalue weighted by molar-refractivity contribution is 0.262. The Morgan fingerprint density at radius 1 is 1.29 bits per heavy atom. The molecule has 0 spiro atoms. The molecule has 2 aromatic rings. The minimum absolute atomic E-state index is 0.163. The number of aromatic hydroxyl groups is 1. The van der Waals surface area contributed by atoms with Crippen LogP contribution >= 0.6 is 0 Å². The van der Waals surface area contributed by atoms with E-state index < -0.39 is 0 Å². The normalized spacial score (nSPS) is 15.5. The number of rotatable bonds is 4. The molecule has 1 fully saturated rings. The summed E-state index contributed by atoms with van der Waals surface area (Å²) in [5.74, 6) is 0.875. The van der Waals surface area contributed by atoms with Gasteiger partial charge in [0.05, 0.1) is 17.9 Å². The molecule has 2 amide bonds. The van der Waals surface area contributed by atoms with Gasteiger partial charge in [0, 0.05) is 11.9 Å². The van der Waals surface area contributed by atoms with Crippen molar-refractivity contribution in [2.45, 2.75) is 25.8 Å². The summed E-state index contributed by atoms with van der Waals surface area (Å²) in [6, 6.07) is 6.34. The van der Waals surface area contributed by atoms with Crippen molar-refractivity contribution in [3.63, 3.8) is 0 Å². The minimum Gasteiger partial charge on any atom is -0.508 e. The van der Waals surface area contributed by atoms with Crippen LogP contribution in [0, 0.1) is 5.92 Å². The molecule has 1 aromatic heterocycles. The van der Waals surface area contributed by atoms with Crippen LogP contribution in [0.4, 0.5) is 16.2 Å². The molecule has 1 atom stereocenters. The number of carbonyl (C=O) groups excluding carboxylic acids is 1. The van der Waals surface area contributed by atoms with Crippen LogP contribution in [-0.2, 0) is 0 Å². The molecule has 0 saturated heterocycles. The first-order valence-electron chi connectivity index (χ1n) is 7.03. The summed E-state index contributed by atoms with van der Waals surface area (Å²) in [4.78, 5) is 11.9. The number of carbonyl (C=O) groups is 1. The Bertz CT molecular complexity index is 631. The number of phenols is 1. The van der Waals surface area contributed by atoms with Crippen LogP contribution in [0.2, 0.25) is 0 Å². The van der Waals surface area contributed by atoms with Gasteiger partial charge in [-0.1, -0.05) is 0 Å². The van der Waals surface area contributed by atoms with Crippen LogP contribution < -0.4 is 10.6 Å². The van der Waals surface area contributed by atoms with Crippen LogP contribution in [-0.4, -0.2) is 20.9 Å².